The summed E-state index contributed by atoms with van der Waals surface area (Å²) in [6.07, 6.45) is 4.83. The molecule has 3 aromatic rings. The van der Waals surface area contributed by atoms with Crippen molar-refractivity contribution < 1.29 is 14.2 Å². The lowest BCUT2D eigenvalue weighted by atomic mass is 9.96. The van der Waals surface area contributed by atoms with E-state index in [0.29, 0.717) is 31.6 Å². The van der Waals surface area contributed by atoms with E-state index < -0.39 is 5.60 Å². The molecule has 4 rings (SSSR count). The van der Waals surface area contributed by atoms with Gasteiger partial charge in [0.2, 0.25) is 0 Å². The molecule has 7 heteroatoms. The lowest BCUT2D eigenvalue weighted by molar-refractivity contribution is 0.0206. The van der Waals surface area contributed by atoms with Crippen LogP contribution in [0, 0.1) is 12.7 Å². The van der Waals surface area contributed by atoms with Crippen molar-refractivity contribution in [1.82, 2.24) is 14.9 Å². The first kappa shape index (κ1) is 21.9. The zero-order valence-electron chi connectivity index (χ0n) is 17.8. The third kappa shape index (κ3) is 5.67. The van der Waals surface area contributed by atoms with Crippen LogP contribution in [0.4, 0.5) is 4.39 Å². The van der Waals surface area contributed by atoms with E-state index in [0.717, 1.165) is 47.3 Å². The van der Waals surface area contributed by atoms with E-state index in [1.54, 1.807) is 23.5 Å². The Hall–Kier alpha value is -2.35. The molecule has 0 amide bonds. The highest BCUT2D eigenvalue weighted by Gasteiger charge is 2.35. The average molecular weight is 442 g/mol. The van der Waals surface area contributed by atoms with Crippen LogP contribution in [-0.2, 0) is 18.6 Å². The van der Waals surface area contributed by atoms with E-state index in [4.69, 9.17) is 9.72 Å². The zero-order chi connectivity index (χ0) is 21.7. The monoisotopic (exact) mass is 441 g/mol. The van der Waals surface area contributed by atoms with Gasteiger partial charge in [0.25, 0.3) is 0 Å². The molecule has 1 aromatic carbocycles. The van der Waals surface area contributed by atoms with Crippen LogP contribution in [0.1, 0.15) is 40.5 Å². The zero-order valence-corrected chi connectivity index (χ0v) is 18.6. The van der Waals surface area contributed by atoms with Gasteiger partial charge in [-0.2, -0.15) is 0 Å². The Kier molecular flexibility index (Phi) is 6.95. The van der Waals surface area contributed by atoms with Crippen molar-refractivity contribution in [2.24, 2.45) is 0 Å². The maximum absolute atomic E-state index is 13.0. The Bertz CT molecular complexity index is 980. The van der Waals surface area contributed by atoms with Gasteiger partial charge in [0, 0.05) is 30.6 Å². The van der Waals surface area contributed by atoms with Gasteiger partial charge in [-0.1, -0.05) is 6.07 Å². The van der Waals surface area contributed by atoms with E-state index in [2.05, 4.69) is 9.88 Å². The minimum Gasteiger partial charge on any atom is -0.493 e. The predicted octanol–water partition coefficient (Wildman–Crippen LogP) is 4.48. The van der Waals surface area contributed by atoms with Gasteiger partial charge in [0.1, 0.15) is 22.2 Å². The largest absolute Gasteiger partial charge is 0.493 e. The fourth-order valence-corrected chi connectivity index (χ4v) is 5.11. The van der Waals surface area contributed by atoms with Crippen LogP contribution in [0.15, 0.2) is 48.7 Å². The van der Waals surface area contributed by atoms with Crippen LogP contribution < -0.4 is 4.74 Å². The SMILES string of the molecule is Cc1nc([C@@]2(O)CCCN(Cc3ccccn3)CC2)sc1CCOc1ccc(F)cc1. The van der Waals surface area contributed by atoms with Crippen LogP contribution in [0.25, 0.3) is 0 Å². The van der Waals surface area contributed by atoms with Crippen molar-refractivity contribution >= 4 is 11.3 Å². The summed E-state index contributed by atoms with van der Waals surface area (Å²) in [6.45, 7) is 5.04. The predicted molar refractivity (Wildman–Crippen MR) is 120 cm³/mol. The normalized spacial score (nSPS) is 19.8. The van der Waals surface area contributed by atoms with Gasteiger partial charge in [0.15, 0.2) is 0 Å². The summed E-state index contributed by atoms with van der Waals surface area (Å²) >= 11 is 1.58. The van der Waals surface area contributed by atoms with Gasteiger partial charge >= 0.3 is 0 Å². The van der Waals surface area contributed by atoms with Crippen LogP contribution in [-0.4, -0.2) is 39.7 Å². The quantitative estimate of drug-likeness (QED) is 0.586. The first-order valence-corrected chi connectivity index (χ1v) is 11.5. The summed E-state index contributed by atoms with van der Waals surface area (Å²) in [7, 11) is 0. The van der Waals surface area contributed by atoms with Crippen LogP contribution in [0.5, 0.6) is 5.75 Å². The number of aromatic nitrogens is 2. The molecule has 31 heavy (non-hydrogen) atoms. The average Bonchev–Trinajstić information content (AvgIpc) is 3.04. The van der Waals surface area contributed by atoms with Crippen molar-refractivity contribution in [2.45, 2.75) is 44.8 Å². The van der Waals surface area contributed by atoms with E-state index >= 15 is 0 Å². The third-order valence-electron chi connectivity index (χ3n) is 5.72. The first-order chi connectivity index (χ1) is 15.0. The van der Waals surface area contributed by atoms with Crippen molar-refractivity contribution in [3.8, 4) is 5.75 Å². The molecule has 0 unspecified atom stereocenters. The van der Waals surface area contributed by atoms with Crippen LogP contribution in [0.2, 0.25) is 0 Å². The number of halogens is 1. The Morgan fingerprint density at radius 3 is 2.77 bits per heavy atom. The van der Waals surface area contributed by atoms with Gasteiger partial charge < -0.3 is 9.84 Å². The highest BCUT2D eigenvalue weighted by Crippen LogP contribution is 2.37. The van der Waals surface area contributed by atoms with Crippen molar-refractivity contribution in [2.75, 3.05) is 19.7 Å². The Labute approximate surface area is 186 Å². The van der Waals surface area contributed by atoms with Gasteiger partial charge in [-0.15, -0.1) is 11.3 Å². The Balaban J connectivity index is 1.35. The number of hydrogen-bond acceptors (Lipinski definition) is 6. The van der Waals surface area contributed by atoms with E-state index in [-0.39, 0.29) is 5.82 Å². The Morgan fingerprint density at radius 2 is 2.00 bits per heavy atom. The van der Waals surface area contributed by atoms with E-state index in [1.165, 1.54) is 12.1 Å². The number of pyridine rings is 1. The second kappa shape index (κ2) is 9.85. The molecule has 1 N–H and O–H groups in total. The number of likely N-dealkylation sites (tertiary alicyclic amines) is 1. The second-order valence-corrected chi connectivity index (χ2v) is 9.15. The minimum absolute atomic E-state index is 0.273. The fraction of sp³-hybridized carbons (Fsp3) is 0.417. The molecule has 0 aliphatic carbocycles. The molecule has 1 saturated heterocycles. The number of nitrogens with zero attached hydrogens (tertiary/aromatic N) is 3. The highest BCUT2D eigenvalue weighted by atomic mass is 32.1. The number of hydrogen-bond donors (Lipinski definition) is 1. The smallest absolute Gasteiger partial charge is 0.125 e. The lowest BCUT2D eigenvalue weighted by Gasteiger charge is -2.24. The molecule has 3 heterocycles. The minimum atomic E-state index is -0.885. The molecule has 1 fully saturated rings. The van der Waals surface area contributed by atoms with Crippen LogP contribution >= 0.6 is 11.3 Å². The molecule has 0 saturated carbocycles. The molecule has 0 bridgehead atoms. The molecule has 164 valence electrons. The number of ether oxygens (including phenoxy) is 1. The Morgan fingerprint density at radius 1 is 1.16 bits per heavy atom. The standard InChI is InChI=1S/C24H28FN3O2S/c1-18-22(10-16-30-21-8-6-19(25)7-9-21)31-23(27-18)24(29)11-4-14-28(15-12-24)17-20-5-2-3-13-26-20/h2-3,5-9,13,29H,4,10-12,14-17H2,1H3/t24-/m1/s1. The summed E-state index contributed by atoms with van der Waals surface area (Å²) in [5.41, 5.74) is 1.12. The lowest BCUT2D eigenvalue weighted by Crippen LogP contribution is -2.29. The molecular weight excluding hydrogens is 413 g/mol. The highest BCUT2D eigenvalue weighted by molar-refractivity contribution is 7.11. The van der Waals surface area contributed by atoms with E-state index in [1.807, 2.05) is 31.3 Å². The first-order valence-electron chi connectivity index (χ1n) is 10.7. The maximum Gasteiger partial charge on any atom is 0.125 e. The second-order valence-electron chi connectivity index (χ2n) is 8.06. The van der Waals surface area contributed by atoms with Gasteiger partial charge in [-0.05, 0) is 69.1 Å². The number of aliphatic hydroxyl groups is 1. The molecule has 5 nitrogen and oxygen atoms in total. The van der Waals surface area contributed by atoms with Gasteiger partial charge in [0.05, 0.1) is 18.0 Å². The molecule has 0 spiro atoms. The van der Waals surface area contributed by atoms with Gasteiger partial charge in [-0.3, -0.25) is 9.88 Å². The fourth-order valence-electron chi connectivity index (χ4n) is 3.92. The number of aryl methyl sites for hydroxylation is 1. The molecular formula is C24H28FN3O2S. The van der Waals surface area contributed by atoms with E-state index in [9.17, 15) is 9.50 Å². The van der Waals surface area contributed by atoms with Gasteiger partial charge in [-0.25, -0.2) is 9.37 Å². The number of thiazole rings is 1. The molecule has 0 radical (unpaired) electrons. The number of benzene rings is 1. The topological polar surface area (TPSA) is 58.5 Å². The molecule has 1 atom stereocenters. The van der Waals surface area contributed by atoms with Crippen molar-refractivity contribution in [3.05, 3.63) is 75.8 Å². The summed E-state index contributed by atoms with van der Waals surface area (Å²) in [4.78, 5) is 12.6. The summed E-state index contributed by atoms with van der Waals surface area (Å²) in [5.74, 6) is 0.379. The summed E-state index contributed by atoms with van der Waals surface area (Å²) in [6, 6.07) is 12.0. The summed E-state index contributed by atoms with van der Waals surface area (Å²) < 4.78 is 18.7. The van der Waals surface area contributed by atoms with Crippen molar-refractivity contribution in [3.63, 3.8) is 0 Å². The number of rotatable bonds is 7. The summed E-state index contributed by atoms with van der Waals surface area (Å²) in [5, 5.41) is 12.2. The van der Waals surface area contributed by atoms with Crippen molar-refractivity contribution in [1.29, 1.82) is 0 Å². The molecule has 2 aromatic heterocycles. The molecule has 1 aliphatic heterocycles. The molecule has 1 aliphatic rings. The third-order valence-corrected chi connectivity index (χ3v) is 7.13. The maximum atomic E-state index is 13.0. The van der Waals surface area contributed by atoms with Crippen LogP contribution in [0.3, 0.4) is 0 Å².